The highest BCUT2D eigenvalue weighted by atomic mass is 19.4. The maximum atomic E-state index is 13.2. The number of alkyl halides is 6. The van der Waals surface area contributed by atoms with Crippen LogP contribution in [0.4, 0.5) is 38.0 Å². The van der Waals surface area contributed by atoms with Crippen LogP contribution < -0.4 is 26.6 Å². The van der Waals surface area contributed by atoms with Crippen molar-refractivity contribution >= 4 is 35.3 Å². The van der Waals surface area contributed by atoms with Gasteiger partial charge in [0.2, 0.25) is 17.7 Å². The van der Waals surface area contributed by atoms with Gasteiger partial charge in [0, 0.05) is 25.9 Å². The van der Waals surface area contributed by atoms with Gasteiger partial charge in [0.05, 0.1) is 215 Å². The molecule has 4 saturated heterocycles. The Bertz CT molecular complexity index is 2520. The Morgan fingerprint density at radius 1 is 0.470 bits per heavy atom. The third-order valence-electron chi connectivity index (χ3n) is 14.4. The van der Waals surface area contributed by atoms with Crippen LogP contribution in [-0.4, -0.2) is 313 Å². The molecule has 39 heteroatoms. The van der Waals surface area contributed by atoms with Gasteiger partial charge in [-0.15, -0.1) is 0 Å². The molecule has 4 aliphatic rings. The fourth-order valence-electron chi connectivity index (χ4n) is 9.99. The maximum absolute atomic E-state index is 13.2. The summed E-state index contributed by atoms with van der Waals surface area (Å²) in [5.41, 5.74) is -2.25. The summed E-state index contributed by atoms with van der Waals surface area (Å²) in [5.74, 6) is -4.25. The van der Waals surface area contributed by atoms with E-state index in [1.165, 1.54) is 12.4 Å². The standard InChI is InChI=1S/C61H95F6N9O24/c1-58(2)97-54-42(73-48-31-68-29-46(75-48)60(62,63)64)35-95-44(56(54)99-58)37-91-25-21-86-19-17-84-15-13-82-11-7-70-50(77)5-9-89-33-41(72-52(79)39-93-27-23-88-24-28-94-40-53(80)81)34-90-10-6-51(78)71-8-12-83-14-16-85-18-20-87-22-26-92-38-45-57-55(98-59(3,4)100-57)43(36-96-45)74-49-32-69-30-47(76-49)61(65,66)67/h29-32,41-45,54-57H,5-28,33-40H2,1-4H3,(H,70,77)(H,71,78)(H,72,79)(H,73,75)(H,74,76)(H,80,81)/t42-,43-,44+,45+,54+,55+,56-,57-/m0/s1. The number of nitrogens with one attached hydrogen (secondary N) is 5. The van der Waals surface area contributed by atoms with Crippen molar-refractivity contribution in [2.75, 3.05) is 209 Å². The van der Waals surface area contributed by atoms with Crippen molar-refractivity contribution in [2.45, 2.75) is 119 Å². The van der Waals surface area contributed by atoms with Gasteiger partial charge in [0.15, 0.2) is 23.0 Å². The molecule has 4 fully saturated rings. The van der Waals surface area contributed by atoms with E-state index < -0.39 is 109 Å². The molecule has 100 heavy (non-hydrogen) atoms. The van der Waals surface area contributed by atoms with E-state index in [2.05, 4.69) is 46.5 Å². The minimum absolute atomic E-state index is 0.0141. The molecule has 0 bridgehead atoms. The normalized spacial score (nSPS) is 22.0. The zero-order chi connectivity index (χ0) is 72.1. The van der Waals surface area contributed by atoms with Gasteiger partial charge in [-0.25, -0.2) is 14.8 Å². The molecule has 33 nitrogen and oxygen atoms in total. The van der Waals surface area contributed by atoms with E-state index in [0.29, 0.717) is 38.8 Å². The van der Waals surface area contributed by atoms with Crippen LogP contribution in [0.3, 0.4) is 0 Å². The third kappa shape index (κ3) is 33.3. The van der Waals surface area contributed by atoms with Crippen molar-refractivity contribution < 1.29 is 141 Å². The predicted molar refractivity (Wildman–Crippen MR) is 331 cm³/mol. The highest BCUT2D eigenvalue weighted by Crippen LogP contribution is 2.39. The van der Waals surface area contributed by atoms with Crippen LogP contribution in [0.1, 0.15) is 51.9 Å². The number of aromatic nitrogens is 4. The molecule has 8 atom stereocenters. The fraction of sp³-hybridized carbons (Fsp3) is 0.803. The van der Waals surface area contributed by atoms with E-state index in [1.54, 1.807) is 27.7 Å². The number of carbonyl (C=O) groups excluding carboxylic acids is 3. The Morgan fingerprint density at radius 2 is 0.820 bits per heavy atom. The zero-order valence-corrected chi connectivity index (χ0v) is 56.5. The quantitative estimate of drug-likeness (QED) is 0.0400. The Labute approximate surface area is 574 Å². The number of amides is 3. The van der Waals surface area contributed by atoms with Crippen molar-refractivity contribution in [3.05, 3.63) is 36.2 Å². The molecule has 6 rings (SSSR count). The second kappa shape index (κ2) is 44.9. The number of halogens is 6. The summed E-state index contributed by atoms with van der Waals surface area (Å²) in [6.45, 7) is 11.4. The summed E-state index contributed by atoms with van der Waals surface area (Å²) in [7, 11) is 0. The Morgan fingerprint density at radius 3 is 1.20 bits per heavy atom. The largest absolute Gasteiger partial charge is 0.480 e. The summed E-state index contributed by atoms with van der Waals surface area (Å²) in [6, 6.07) is -1.80. The molecule has 3 amide bonds. The van der Waals surface area contributed by atoms with Crippen LogP contribution in [0.25, 0.3) is 0 Å². The monoisotopic (exact) mass is 1450 g/mol. The van der Waals surface area contributed by atoms with Gasteiger partial charge in [-0.05, 0) is 27.7 Å². The summed E-state index contributed by atoms with van der Waals surface area (Å²) >= 11 is 0. The second-order valence-electron chi connectivity index (χ2n) is 23.5. The molecule has 0 aliphatic carbocycles. The van der Waals surface area contributed by atoms with Gasteiger partial charge >= 0.3 is 18.3 Å². The topological polar surface area (TPSA) is 376 Å². The van der Waals surface area contributed by atoms with Crippen LogP contribution in [0, 0.1) is 0 Å². The lowest BCUT2D eigenvalue weighted by Crippen LogP contribution is -2.55. The number of anilines is 2. The Kier molecular flexibility index (Phi) is 37.4. The molecule has 0 radical (unpaired) electrons. The minimum atomic E-state index is -4.65. The second-order valence-corrected chi connectivity index (χ2v) is 23.5. The zero-order valence-electron chi connectivity index (χ0n) is 56.5. The van der Waals surface area contributed by atoms with Crippen molar-refractivity contribution in [1.82, 2.24) is 35.9 Å². The Balaban J connectivity index is 0.730. The highest BCUT2D eigenvalue weighted by molar-refractivity contribution is 5.77. The lowest BCUT2D eigenvalue weighted by Gasteiger charge is -2.37. The number of carboxylic acid groups (broad SMARTS) is 1. The molecule has 6 heterocycles. The molecular formula is C61H95F6N9O24. The summed E-state index contributed by atoms with van der Waals surface area (Å²) < 4.78 is 187. The highest BCUT2D eigenvalue weighted by Gasteiger charge is 2.54. The molecule has 0 aromatic carbocycles. The van der Waals surface area contributed by atoms with Crippen LogP contribution in [0.2, 0.25) is 0 Å². The minimum Gasteiger partial charge on any atom is -0.480 e. The molecule has 0 spiro atoms. The SMILES string of the molecule is CC1(C)O[C@@H]2[C@H](O1)[C@@H](Nc1cncc(C(F)(F)F)n1)CO[C@@H]2COCCOCCOCCOCCNC(=O)CCOCC(COCCC(=O)NCCOCCOCCOCCOC[C@H]1OC[C@H](Nc2cncc(C(F)(F)F)n2)[C@H]2OC(C)(C)O[C@H]21)NC(=O)COCCOCCOCC(=O)O. The average molecular weight is 1450 g/mol. The first-order valence-corrected chi connectivity index (χ1v) is 32.8. The van der Waals surface area contributed by atoms with Crippen LogP contribution >= 0.6 is 0 Å². The van der Waals surface area contributed by atoms with E-state index >= 15 is 0 Å². The number of nitrogens with zero attached hydrogens (tertiary/aromatic N) is 4. The molecule has 0 saturated carbocycles. The lowest BCUT2D eigenvalue weighted by molar-refractivity contribution is -0.161. The first-order chi connectivity index (χ1) is 47.9. The predicted octanol–water partition coefficient (Wildman–Crippen LogP) is 1.20. The van der Waals surface area contributed by atoms with E-state index in [-0.39, 0.29) is 201 Å². The van der Waals surface area contributed by atoms with Gasteiger partial charge < -0.3 is 122 Å². The number of rotatable bonds is 53. The van der Waals surface area contributed by atoms with Crippen molar-refractivity contribution in [1.29, 1.82) is 0 Å². The van der Waals surface area contributed by atoms with E-state index in [1.807, 2.05) is 0 Å². The maximum Gasteiger partial charge on any atom is 0.434 e. The van der Waals surface area contributed by atoms with E-state index in [4.69, 9.17) is 95.1 Å². The van der Waals surface area contributed by atoms with Crippen molar-refractivity contribution in [2.24, 2.45) is 0 Å². The molecule has 0 unspecified atom stereocenters. The first kappa shape index (κ1) is 83.4. The van der Waals surface area contributed by atoms with Gasteiger partial charge in [0.25, 0.3) is 0 Å². The van der Waals surface area contributed by atoms with E-state index in [9.17, 15) is 45.5 Å². The molecule has 4 aliphatic heterocycles. The van der Waals surface area contributed by atoms with Crippen LogP contribution in [-0.2, 0) is 122 Å². The Hall–Kier alpha value is -5.54. The number of carboxylic acids is 1. The van der Waals surface area contributed by atoms with Gasteiger partial charge in [0.1, 0.15) is 61.5 Å². The summed E-state index contributed by atoms with van der Waals surface area (Å²) in [6.07, 6.45) is -8.88. The van der Waals surface area contributed by atoms with Gasteiger partial charge in [-0.2, -0.15) is 26.3 Å². The molecule has 2 aromatic rings. The first-order valence-electron chi connectivity index (χ1n) is 32.8. The number of aliphatic carboxylic acids is 1. The number of fused-ring (bicyclic) bond motifs is 2. The van der Waals surface area contributed by atoms with Gasteiger partial charge in [-0.3, -0.25) is 24.4 Å². The van der Waals surface area contributed by atoms with Crippen molar-refractivity contribution in [3.63, 3.8) is 0 Å². The number of hydrogen-bond acceptors (Lipinski definition) is 29. The molecule has 6 N–H and O–H groups in total. The number of hydrogen-bond donors (Lipinski definition) is 6. The van der Waals surface area contributed by atoms with Crippen molar-refractivity contribution in [3.8, 4) is 0 Å². The fourth-order valence-corrected chi connectivity index (χ4v) is 9.99. The molecule has 570 valence electrons. The van der Waals surface area contributed by atoms with E-state index in [0.717, 1.165) is 0 Å². The molecular weight excluding hydrogens is 1360 g/mol. The smallest absolute Gasteiger partial charge is 0.434 e. The van der Waals surface area contributed by atoms with Crippen LogP contribution in [0.5, 0.6) is 0 Å². The lowest BCUT2D eigenvalue weighted by atomic mass is 9.98. The van der Waals surface area contributed by atoms with Crippen LogP contribution in [0.15, 0.2) is 24.8 Å². The summed E-state index contributed by atoms with van der Waals surface area (Å²) in [5, 5.41) is 22.8. The number of carbonyl (C=O) groups is 4. The molecule has 2 aromatic heterocycles. The number of ether oxygens (including phenoxy) is 19. The van der Waals surface area contributed by atoms with Gasteiger partial charge in [-0.1, -0.05) is 0 Å². The summed E-state index contributed by atoms with van der Waals surface area (Å²) in [4.78, 5) is 62.9. The average Bonchev–Trinajstić information content (AvgIpc) is 1.62. The third-order valence-corrected chi connectivity index (χ3v) is 14.4.